The molecule has 0 radical (unpaired) electrons. The van der Waals surface area contributed by atoms with Gasteiger partial charge in [0.25, 0.3) is 0 Å². The van der Waals surface area contributed by atoms with E-state index in [1.807, 2.05) is 39.8 Å². The standard InChI is InChI=1S/C9H12O.C4H10.C3H6O.2C2H6/c1-3-8-5-4-6-9(7-8)10-2;1-3-4-2;1-3(2)4;2*1-2/h4-7H,3H2,1-2H3;3-4H2,1-2H3;1-2H3;2*1-2H3. The van der Waals surface area contributed by atoms with Gasteiger partial charge >= 0.3 is 0 Å². The molecule has 0 fully saturated rings. The molecule has 0 unspecified atom stereocenters. The average molecular weight is 313 g/mol. The lowest BCUT2D eigenvalue weighted by Crippen LogP contribution is -1.84. The summed E-state index contributed by atoms with van der Waals surface area (Å²) in [5, 5.41) is 0. The van der Waals surface area contributed by atoms with Crippen molar-refractivity contribution in [3.63, 3.8) is 0 Å². The van der Waals surface area contributed by atoms with Crippen molar-refractivity contribution < 1.29 is 9.53 Å². The zero-order valence-electron chi connectivity index (χ0n) is 16.7. The van der Waals surface area contributed by atoms with Gasteiger partial charge < -0.3 is 9.53 Å². The third kappa shape index (κ3) is 31.2. The molecular weight excluding hydrogens is 272 g/mol. The van der Waals surface area contributed by atoms with E-state index in [9.17, 15) is 4.79 Å². The molecule has 132 valence electrons. The van der Waals surface area contributed by atoms with Crippen molar-refractivity contribution in [2.24, 2.45) is 0 Å². The molecule has 0 aliphatic rings. The van der Waals surface area contributed by atoms with Gasteiger partial charge in [-0.2, -0.15) is 0 Å². The molecule has 1 rings (SSSR count). The van der Waals surface area contributed by atoms with Gasteiger partial charge in [0.05, 0.1) is 7.11 Å². The molecule has 0 aliphatic heterocycles. The number of carbonyl (C=O) groups excluding carboxylic acids is 1. The number of rotatable bonds is 3. The second-order valence-electron chi connectivity index (χ2n) is 4.11. The second-order valence-corrected chi connectivity index (χ2v) is 4.11. The lowest BCUT2D eigenvalue weighted by atomic mass is 10.2. The maximum absolute atomic E-state index is 9.44. The molecule has 0 N–H and O–H groups in total. The van der Waals surface area contributed by atoms with Crippen LogP contribution in [0, 0.1) is 0 Å². The van der Waals surface area contributed by atoms with E-state index in [-0.39, 0.29) is 5.78 Å². The summed E-state index contributed by atoms with van der Waals surface area (Å²) in [4.78, 5) is 9.44. The fourth-order valence-corrected chi connectivity index (χ4v) is 0.892. The zero-order valence-corrected chi connectivity index (χ0v) is 16.7. The minimum atomic E-state index is 0.167. The van der Waals surface area contributed by atoms with Gasteiger partial charge in [-0.3, -0.25) is 0 Å². The first-order valence-electron chi connectivity index (χ1n) is 8.61. The van der Waals surface area contributed by atoms with Gasteiger partial charge in [-0.1, -0.05) is 73.4 Å². The van der Waals surface area contributed by atoms with E-state index in [2.05, 4.69) is 32.9 Å². The van der Waals surface area contributed by atoms with Crippen molar-refractivity contribution in [1.82, 2.24) is 0 Å². The largest absolute Gasteiger partial charge is 0.497 e. The predicted molar refractivity (Wildman–Crippen MR) is 102 cm³/mol. The van der Waals surface area contributed by atoms with E-state index >= 15 is 0 Å². The SMILES string of the molecule is CC.CC.CC(C)=O.CCCC.CCc1cccc(OC)c1. The fraction of sp³-hybridized carbons (Fsp3) is 0.650. The van der Waals surface area contributed by atoms with Crippen LogP contribution in [0.25, 0.3) is 0 Å². The number of benzene rings is 1. The quantitative estimate of drug-likeness (QED) is 0.619. The Labute approximate surface area is 140 Å². The Bertz CT molecular complexity index is 281. The summed E-state index contributed by atoms with van der Waals surface area (Å²) >= 11 is 0. The molecular formula is C20H40O2. The predicted octanol–water partition coefficient (Wildman–Crippen LogP) is 6.71. The Hall–Kier alpha value is -1.31. The first-order chi connectivity index (χ1) is 10.5. The van der Waals surface area contributed by atoms with Crippen LogP contribution < -0.4 is 4.74 Å². The van der Waals surface area contributed by atoms with Crippen LogP contribution in [-0.4, -0.2) is 12.9 Å². The Kier molecular flexibility index (Phi) is 36.6. The van der Waals surface area contributed by atoms with Crippen LogP contribution in [0.5, 0.6) is 5.75 Å². The van der Waals surface area contributed by atoms with E-state index < -0.39 is 0 Å². The summed E-state index contributed by atoms with van der Waals surface area (Å²) in [6.45, 7) is 17.6. The lowest BCUT2D eigenvalue weighted by Gasteiger charge is -2.00. The summed E-state index contributed by atoms with van der Waals surface area (Å²) in [5.74, 6) is 1.11. The lowest BCUT2D eigenvalue weighted by molar-refractivity contribution is -0.114. The minimum Gasteiger partial charge on any atom is -0.497 e. The molecule has 1 aromatic carbocycles. The molecule has 0 bridgehead atoms. The topological polar surface area (TPSA) is 26.3 Å². The third-order valence-corrected chi connectivity index (χ3v) is 2.04. The Morgan fingerprint density at radius 3 is 1.64 bits per heavy atom. The molecule has 0 heterocycles. The molecule has 1 aromatic rings. The number of ether oxygens (including phenoxy) is 1. The maximum atomic E-state index is 9.44. The number of aryl methyl sites for hydroxylation is 1. The maximum Gasteiger partial charge on any atom is 0.126 e. The van der Waals surface area contributed by atoms with Crippen LogP contribution in [-0.2, 0) is 11.2 Å². The summed E-state index contributed by atoms with van der Waals surface area (Å²) in [5.41, 5.74) is 1.32. The van der Waals surface area contributed by atoms with Gasteiger partial charge in [0, 0.05) is 0 Å². The minimum absolute atomic E-state index is 0.167. The number of hydrogen-bond acceptors (Lipinski definition) is 2. The molecule has 0 aliphatic carbocycles. The van der Waals surface area contributed by atoms with Gasteiger partial charge in [0.1, 0.15) is 11.5 Å². The first-order valence-corrected chi connectivity index (χ1v) is 8.61. The fourth-order valence-electron chi connectivity index (χ4n) is 0.892. The Morgan fingerprint density at radius 1 is 0.955 bits per heavy atom. The van der Waals surface area contributed by atoms with Crippen molar-refractivity contribution in [1.29, 1.82) is 0 Å². The number of unbranched alkanes of at least 4 members (excludes halogenated alkanes) is 1. The molecule has 2 nitrogen and oxygen atoms in total. The molecule has 22 heavy (non-hydrogen) atoms. The highest BCUT2D eigenvalue weighted by Gasteiger charge is 1.90. The molecule has 2 heteroatoms. The Morgan fingerprint density at radius 2 is 1.36 bits per heavy atom. The van der Waals surface area contributed by atoms with E-state index in [1.165, 1.54) is 32.3 Å². The van der Waals surface area contributed by atoms with Crippen LogP contribution in [0.1, 0.15) is 80.7 Å². The van der Waals surface area contributed by atoms with E-state index in [0.717, 1.165) is 12.2 Å². The molecule has 0 aromatic heterocycles. The number of methoxy groups -OCH3 is 1. The smallest absolute Gasteiger partial charge is 0.126 e. The summed E-state index contributed by atoms with van der Waals surface area (Å²) in [6.07, 6.45) is 3.71. The van der Waals surface area contributed by atoms with Crippen LogP contribution in [0.15, 0.2) is 24.3 Å². The number of ketones is 1. The van der Waals surface area contributed by atoms with Gasteiger partial charge in [-0.05, 0) is 38.0 Å². The molecule has 0 spiro atoms. The van der Waals surface area contributed by atoms with Crippen molar-refractivity contribution in [2.45, 2.75) is 81.6 Å². The summed E-state index contributed by atoms with van der Waals surface area (Å²) < 4.78 is 5.06. The highest BCUT2D eigenvalue weighted by molar-refractivity contribution is 5.72. The highest BCUT2D eigenvalue weighted by Crippen LogP contribution is 2.12. The molecule has 0 saturated heterocycles. The second kappa shape index (κ2) is 27.9. The van der Waals surface area contributed by atoms with E-state index in [0.29, 0.717) is 0 Å². The van der Waals surface area contributed by atoms with Crippen LogP contribution in [0.4, 0.5) is 0 Å². The molecule has 0 atom stereocenters. The highest BCUT2D eigenvalue weighted by atomic mass is 16.5. The average Bonchev–Trinajstić information content (AvgIpc) is 2.58. The number of carbonyl (C=O) groups is 1. The van der Waals surface area contributed by atoms with Crippen molar-refractivity contribution in [3.8, 4) is 5.75 Å². The van der Waals surface area contributed by atoms with Gasteiger partial charge in [-0.25, -0.2) is 0 Å². The van der Waals surface area contributed by atoms with Crippen molar-refractivity contribution in [2.75, 3.05) is 7.11 Å². The summed E-state index contributed by atoms with van der Waals surface area (Å²) in [7, 11) is 1.69. The molecule has 0 amide bonds. The normalized spacial score (nSPS) is 7.36. The Balaban J connectivity index is -0.000000114. The van der Waals surface area contributed by atoms with Crippen LogP contribution in [0.2, 0.25) is 0 Å². The number of hydrogen-bond donors (Lipinski definition) is 0. The zero-order chi connectivity index (χ0) is 18.4. The number of Topliss-reactive ketones (excluding diaryl/α,β-unsaturated/α-hetero) is 1. The monoisotopic (exact) mass is 312 g/mol. The van der Waals surface area contributed by atoms with Crippen LogP contribution >= 0.6 is 0 Å². The van der Waals surface area contributed by atoms with E-state index in [4.69, 9.17) is 4.74 Å². The van der Waals surface area contributed by atoms with E-state index in [1.54, 1.807) is 7.11 Å². The van der Waals surface area contributed by atoms with Crippen molar-refractivity contribution in [3.05, 3.63) is 29.8 Å². The molecule has 0 saturated carbocycles. The first kappa shape index (κ1) is 28.8. The van der Waals surface area contributed by atoms with Gasteiger partial charge in [-0.15, -0.1) is 0 Å². The van der Waals surface area contributed by atoms with Gasteiger partial charge in [0.15, 0.2) is 0 Å². The van der Waals surface area contributed by atoms with Crippen LogP contribution in [0.3, 0.4) is 0 Å². The third-order valence-electron chi connectivity index (χ3n) is 2.04. The van der Waals surface area contributed by atoms with Gasteiger partial charge in [0.2, 0.25) is 0 Å². The van der Waals surface area contributed by atoms with Crippen molar-refractivity contribution >= 4 is 5.78 Å². The summed E-state index contributed by atoms with van der Waals surface area (Å²) in [6, 6.07) is 8.12.